The van der Waals surface area contributed by atoms with E-state index in [2.05, 4.69) is 5.32 Å². The smallest absolute Gasteiger partial charge is 0.262 e. The number of carbonyl (C=O) groups is 2. The first-order chi connectivity index (χ1) is 11.1. The van der Waals surface area contributed by atoms with Crippen LogP contribution >= 0.6 is 11.3 Å². The van der Waals surface area contributed by atoms with Crippen LogP contribution in [0.15, 0.2) is 24.3 Å². The minimum Gasteiger partial charge on any atom is -0.378 e. The molecular formula is C17H20N2O3S. The van der Waals surface area contributed by atoms with Gasteiger partial charge in [0.25, 0.3) is 5.91 Å². The number of benzene rings is 1. The molecule has 1 aromatic carbocycles. The van der Waals surface area contributed by atoms with Gasteiger partial charge in [0.05, 0.1) is 18.1 Å². The molecule has 1 fully saturated rings. The van der Waals surface area contributed by atoms with Gasteiger partial charge in [0.15, 0.2) is 0 Å². The van der Waals surface area contributed by atoms with E-state index in [9.17, 15) is 9.59 Å². The van der Waals surface area contributed by atoms with Crippen LogP contribution in [-0.4, -0.2) is 49.1 Å². The largest absolute Gasteiger partial charge is 0.378 e. The lowest BCUT2D eigenvalue weighted by atomic mass is 10.1. The van der Waals surface area contributed by atoms with Gasteiger partial charge in [-0.15, -0.1) is 11.3 Å². The van der Waals surface area contributed by atoms with Gasteiger partial charge in [0.2, 0.25) is 5.91 Å². The van der Waals surface area contributed by atoms with Gasteiger partial charge in [-0.05, 0) is 30.9 Å². The number of amides is 2. The van der Waals surface area contributed by atoms with E-state index in [0.717, 1.165) is 15.6 Å². The third kappa shape index (κ3) is 3.23. The number of aryl methyl sites for hydroxylation is 1. The SMILES string of the molecule is Cc1c(C(=O)N[C@H](C)C(=O)N2CCOCC2)sc2ccccc12. The van der Waals surface area contributed by atoms with E-state index in [4.69, 9.17) is 4.74 Å². The fourth-order valence-corrected chi connectivity index (χ4v) is 3.88. The van der Waals surface area contributed by atoms with Crippen molar-refractivity contribution in [1.29, 1.82) is 0 Å². The van der Waals surface area contributed by atoms with Gasteiger partial charge < -0.3 is 15.0 Å². The molecule has 0 aliphatic carbocycles. The summed E-state index contributed by atoms with van der Waals surface area (Å²) >= 11 is 1.46. The summed E-state index contributed by atoms with van der Waals surface area (Å²) in [6, 6.07) is 7.41. The Labute approximate surface area is 139 Å². The van der Waals surface area contributed by atoms with E-state index in [1.54, 1.807) is 11.8 Å². The van der Waals surface area contributed by atoms with Crippen molar-refractivity contribution in [3.8, 4) is 0 Å². The Morgan fingerprint density at radius 1 is 1.26 bits per heavy atom. The maximum atomic E-state index is 12.5. The third-order valence-electron chi connectivity index (χ3n) is 4.09. The zero-order valence-electron chi connectivity index (χ0n) is 13.3. The number of nitrogens with zero attached hydrogens (tertiary/aromatic N) is 1. The summed E-state index contributed by atoms with van der Waals surface area (Å²) < 4.78 is 6.34. The van der Waals surface area contributed by atoms with Crippen LogP contribution < -0.4 is 5.32 Å². The molecule has 1 aliphatic rings. The Bertz CT molecular complexity index is 735. The minimum atomic E-state index is -0.537. The monoisotopic (exact) mass is 332 g/mol. The van der Waals surface area contributed by atoms with Crippen molar-refractivity contribution in [1.82, 2.24) is 10.2 Å². The molecule has 2 aromatic rings. The molecule has 1 aliphatic heterocycles. The first-order valence-corrected chi connectivity index (χ1v) is 8.55. The lowest BCUT2D eigenvalue weighted by Crippen LogP contribution is -2.50. The number of rotatable bonds is 3. The third-order valence-corrected chi connectivity index (χ3v) is 5.36. The van der Waals surface area contributed by atoms with Crippen LogP contribution in [0.25, 0.3) is 10.1 Å². The summed E-state index contributed by atoms with van der Waals surface area (Å²) in [5.41, 5.74) is 0.967. The standard InChI is InChI=1S/C17H20N2O3S/c1-11-13-5-3-4-6-14(13)23-15(11)16(20)18-12(2)17(21)19-7-9-22-10-8-19/h3-6,12H,7-10H2,1-2H3,(H,18,20)/t12-/m1/s1. The molecular weight excluding hydrogens is 312 g/mol. The van der Waals surface area contributed by atoms with Gasteiger partial charge in [0.1, 0.15) is 6.04 Å². The molecule has 0 bridgehead atoms. The predicted molar refractivity (Wildman–Crippen MR) is 90.9 cm³/mol. The van der Waals surface area contributed by atoms with Crippen LogP contribution in [0.3, 0.4) is 0 Å². The molecule has 6 heteroatoms. The molecule has 2 amide bonds. The van der Waals surface area contributed by atoms with E-state index in [-0.39, 0.29) is 11.8 Å². The summed E-state index contributed by atoms with van der Waals surface area (Å²) in [5.74, 6) is -0.238. The van der Waals surface area contributed by atoms with Crippen molar-refractivity contribution in [3.63, 3.8) is 0 Å². The highest BCUT2D eigenvalue weighted by molar-refractivity contribution is 7.21. The number of morpholine rings is 1. The molecule has 122 valence electrons. The average Bonchev–Trinajstić information content (AvgIpc) is 2.92. The van der Waals surface area contributed by atoms with Crippen LogP contribution in [-0.2, 0) is 9.53 Å². The van der Waals surface area contributed by atoms with Crippen LogP contribution in [0.5, 0.6) is 0 Å². The van der Waals surface area contributed by atoms with Gasteiger partial charge in [-0.25, -0.2) is 0 Å². The maximum Gasteiger partial charge on any atom is 0.262 e. The number of fused-ring (bicyclic) bond motifs is 1. The quantitative estimate of drug-likeness (QED) is 0.937. The molecule has 0 saturated carbocycles. The molecule has 0 radical (unpaired) electrons. The van der Waals surface area contributed by atoms with Crippen molar-refractivity contribution in [2.45, 2.75) is 19.9 Å². The molecule has 5 nitrogen and oxygen atoms in total. The normalized spacial score (nSPS) is 16.3. The molecule has 0 spiro atoms. The number of nitrogens with one attached hydrogen (secondary N) is 1. The lowest BCUT2D eigenvalue weighted by Gasteiger charge is -2.29. The first kappa shape index (κ1) is 16.0. The lowest BCUT2D eigenvalue weighted by molar-refractivity contribution is -0.136. The van der Waals surface area contributed by atoms with E-state index >= 15 is 0 Å². The number of hydrogen-bond donors (Lipinski definition) is 1. The van der Waals surface area contributed by atoms with Crippen LogP contribution in [0.2, 0.25) is 0 Å². The molecule has 0 unspecified atom stereocenters. The van der Waals surface area contributed by atoms with Crippen LogP contribution in [0.4, 0.5) is 0 Å². The molecule has 1 saturated heterocycles. The average molecular weight is 332 g/mol. The Hall–Kier alpha value is -1.92. The van der Waals surface area contributed by atoms with Gasteiger partial charge >= 0.3 is 0 Å². The van der Waals surface area contributed by atoms with Crippen molar-refractivity contribution in [3.05, 3.63) is 34.7 Å². The zero-order chi connectivity index (χ0) is 16.4. The van der Waals surface area contributed by atoms with Gasteiger partial charge in [-0.1, -0.05) is 18.2 Å². The summed E-state index contributed by atoms with van der Waals surface area (Å²) in [7, 11) is 0. The number of ether oxygens (including phenoxy) is 1. The molecule has 2 heterocycles. The topological polar surface area (TPSA) is 58.6 Å². The van der Waals surface area contributed by atoms with E-state index in [1.807, 2.05) is 31.2 Å². The van der Waals surface area contributed by atoms with Gasteiger partial charge in [-0.2, -0.15) is 0 Å². The molecule has 1 atom stereocenters. The van der Waals surface area contributed by atoms with Crippen molar-refractivity contribution in [2.75, 3.05) is 26.3 Å². The summed E-state index contributed by atoms with van der Waals surface area (Å²) in [4.78, 5) is 27.3. The van der Waals surface area contributed by atoms with Crippen molar-refractivity contribution < 1.29 is 14.3 Å². The predicted octanol–water partition coefficient (Wildman–Crippen LogP) is 2.19. The van der Waals surface area contributed by atoms with Gasteiger partial charge in [0, 0.05) is 17.8 Å². The molecule has 3 rings (SSSR count). The second kappa shape index (κ2) is 6.68. The van der Waals surface area contributed by atoms with Crippen molar-refractivity contribution >= 4 is 33.2 Å². The highest BCUT2D eigenvalue weighted by atomic mass is 32.1. The summed E-state index contributed by atoms with van der Waals surface area (Å²) in [6.45, 7) is 5.96. The molecule has 1 N–H and O–H groups in total. The second-order valence-electron chi connectivity index (χ2n) is 5.69. The zero-order valence-corrected chi connectivity index (χ0v) is 14.1. The van der Waals surface area contributed by atoms with Crippen molar-refractivity contribution in [2.24, 2.45) is 0 Å². The second-order valence-corrected chi connectivity index (χ2v) is 6.74. The Kier molecular flexibility index (Phi) is 4.63. The Morgan fingerprint density at radius 3 is 2.65 bits per heavy atom. The number of carbonyl (C=O) groups excluding carboxylic acids is 2. The highest BCUT2D eigenvalue weighted by Crippen LogP contribution is 2.30. The van der Waals surface area contributed by atoms with E-state index in [0.29, 0.717) is 31.2 Å². The van der Waals surface area contributed by atoms with Crippen LogP contribution in [0.1, 0.15) is 22.2 Å². The molecule has 1 aromatic heterocycles. The first-order valence-electron chi connectivity index (χ1n) is 7.73. The number of thiophene rings is 1. The fraction of sp³-hybridized carbons (Fsp3) is 0.412. The number of hydrogen-bond acceptors (Lipinski definition) is 4. The summed E-state index contributed by atoms with van der Waals surface area (Å²) in [5, 5.41) is 3.93. The summed E-state index contributed by atoms with van der Waals surface area (Å²) in [6.07, 6.45) is 0. The van der Waals surface area contributed by atoms with E-state index < -0.39 is 6.04 Å². The Balaban J connectivity index is 1.72. The Morgan fingerprint density at radius 2 is 1.96 bits per heavy atom. The van der Waals surface area contributed by atoms with E-state index in [1.165, 1.54) is 11.3 Å². The van der Waals surface area contributed by atoms with Gasteiger partial charge in [-0.3, -0.25) is 9.59 Å². The highest BCUT2D eigenvalue weighted by Gasteiger charge is 2.25. The maximum absolute atomic E-state index is 12.5. The minimum absolute atomic E-state index is 0.0552. The molecule has 23 heavy (non-hydrogen) atoms. The van der Waals surface area contributed by atoms with Crippen LogP contribution in [0, 0.1) is 6.92 Å². The fourth-order valence-electron chi connectivity index (χ4n) is 2.77.